The lowest BCUT2D eigenvalue weighted by atomic mass is 10.1. The number of nitrogens with zero attached hydrogens (tertiary/aromatic N) is 3. The molecule has 0 radical (unpaired) electrons. The molecular formula is C21H34N4O5. The smallest absolute Gasteiger partial charge is 0.317 e. The van der Waals surface area contributed by atoms with Gasteiger partial charge in [-0.3, -0.25) is 9.69 Å². The van der Waals surface area contributed by atoms with Gasteiger partial charge in [0.2, 0.25) is 0 Å². The Morgan fingerprint density at radius 2 is 1.97 bits per heavy atom. The van der Waals surface area contributed by atoms with Gasteiger partial charge >= 0.3 is 6.03 Å². The van der Waals surface area contributed by atoms with Gasteiger partial charge in [-0.25, -0.2) is 4.79 Å². The number of ether oxygens (including phenoxy) is 1. The fourth-order valence-corrected chi connectivity index (χ4v) is 3.88. The maximum Gasteiger partial charge on any atom is 0.317 e. The number of aliphatic hydroxyl groups excluding tert-OH is 1. The van der Waals surface area contributed by atoms with Crippen molar-refractivity contribution in [3.05, 3.63) is 29.8 Å². The number of aryl methyl sites for hydroxylation is 1. The number of methoxy groups -OCH3 is 1. The van der Waals surface area contributed by atoms with E-state index in [4.69, 9.17) is 14.6 Å². The second-order valence-corrected chi connectivity index (χ2v) is 7.67. The van der Waals surface area contributed by atoms with Crippen LogP contribution in [0.2, 0.25) is 0 Å². The van der Waals surface area contributed by atoms with Crippen molar-refractivity contribution in [1.82, 2.24) is 20.0 Å². The number of aliphatic hydroxyl groups is 1. The Morgan fingerprint density at radius 1 is 1.27 bits per heavy atom. The number of piperazine rings is 1. The Bertz CT molecular complexity index is 667. The van der Waals surface area contributed by atoms with Gasteiger partial charge in [-0.05, 0) is 37.6 Å². The van der Waals surface area contributed by atoms with E-state index < -0.39 is 6.10 Å². The number of nitrogens with one attached hydrogen (secondary N) is 1. The summed E-state index contributed by atoms with van der Waals surface area (Å²) < 4.78 is 5.24. The fraction of sp³-hybridized carbons (Fsp3) is 0.619. The van der Waals surface area contributed by atoms with Gasteiger partial charge in [0.25, 0.3) is 6.47 Å². The first kappa shape index (κ1) is 23.9. The van der Waals surface area contributed by atoms with Crippen LogP contribution in [0.3, 0.4) is 0 Å². The number of rotatable bonds is 6. The van der Waals surface area contributed by atoms with E-state index >= 15 is 0 Å². The molecule has 2 amide bonds. The van der Waals surface area contributed by atoms with Crippen molar-refractivity contribution in [2.75, 3.05) is 60.0 Å². The molecule has 0 unspecified atom stereocenters. The predicted octanol–water partition coefficient (Wildman–Crippen LogP) is 0.331. The first-order valence-corrected chi connectivity index (χ1v) is 10.3. The van der Waals surface area contributed by atoms with Gasteiger partial charge in [-0.2, -0.15) is 0 Å². The fourth-order valence-electron chi connectivity index (χ4n) is 3.88. The molecule has 2 atom stereocenters. The molecule has 1 aromatic carbocycles. The lowest BCUT2D eigenvalue weighted by Crippen LogP contribution is -2.52. The summed E-state index contributed by atoms with van der Waals surface area (Å²) in [5.74, 6) is 0.859. The van der Waals surface area contributed by atoms with Gasteiger partial charge in [-0.1, -0.05) is 12.1 Å². The van der Waals surface area contributed by atoms with E-state index in [1.165, 1.54) is 5.56 Å². The van der Waals surface area contributed by atoms with E-state index in [2.05, 4.69) is 28.2 Å². The molecule has 168 valence electrons. The number of carbonyl (C=O) groups excluding carboxylic acids is 1. The van der Waals surface area contributed by atoms with Crippen molar-refractivity contribution in [3.63, 3.8) is 0 Å². The van der Waals surface area contributed by atoms with E-state index in [0.29, 0.717) is 19.6 Å². The molecule has 0 aromatic heterocycles. The zero-order chi connectivity index (χ0) is 21.9. The molecule has 0 bridgehead atoms. The summed E-state index contributed by atoms with van der Waals surface area (Å²) in [5, 5.41) is 20.3. The summed E-state index contributed by atoms with van der Waals surface area (Å²) in [7, 11) is 3.78. The molecule has 0 aliphatic carbocycles. The van der Waals surface area contributed by atoms with Crippen LogP contribution >= 0.6 is 0 Å². The number of likely N-dealkylation sites (N-methyl/N-ethyl adjacent to an activating group) is 1. The van der Waals surface area contributed by atoms with Crippen molar-refractivity contribution in [2.24, 2.45) is 0 Å². The number of urea groups is 1. The largest absolute Gasteiger partial charge is 0.497 e. The second-order valence-electron chi connectivity index (χ2n) is 7.67. The monoisotopic (exact) mass is 422 g/mol. The van der Waals surface area contributed by atoms with E-state index in [0.717, 1.165) is 44.8 Å². The van der Waals surface area contributed by atoms with Crippen molar-refractivity contribution in [3.8, 4) is 5.75 Å². The second kappa shape index (κ2) is 12.4. The summed E-state index contributed by atoms with van der Waals surface area (Å²) in [4.78, 5) is 27.2. The molecule has 1 aromatic rings. The minimum atomic E-state index is -0.462. The summed E-state index contributed by atoms with van der Waals surface area (Å²) in [5.41, 5.74) is 1.20. The number of amides is 2. The highest BCUT2D eigenvalue weighted by Gasteiger charge is 2.38. The predicted molar refractivity (Wildman–Crippen MR) is 114 cm³/mol. The third-order valence-electron chi connectivity index (χ3n) is 5.61. The average Bonchev–Trinajstić information content (AvgIpc) is 3.14. The standard InChI is InChI=1S/C20H32N4O3.CH2O2/c1-22-9-11-23(12-10-22)18-14-24(15-19(18)25)20(26)21-8-4-6-16-5-3-7-17(13-16)27-2;2-1-3/h3,5,7,13,18-19,25H,4,6,8-12,14-15H2,1-2H3,(H,21,26);1H,(H,2,3)/t18-,19-;/m0./s1. The number of likely N-dealkylation sites (tertiary alicyclic amines) is 1. The van der Waals surface area contributed by atoms with Crippen molar-refractivity contribution < 1.29 is 24.5 Å². The van der Waals surface area contributed by atoms with Crippen LogP contribution in [-0.4, -0.2) is 110 Å². The topological polar surface area (TPSA) is 106 Å². The zero-order valence-corrected chi connectivity index (χ0v) is 17.9. The summed E-state index contributed by atoms with van der Waals surface area (Å²) >= 11 is 0. The van der Waals surface area contributed by atoms with Gasteiger partial charge in [0.05, 0.1) is 19.3 Å². The number of β-amino-alcohol motifs (C(OH)–C–C–N with tert-alkyl or cyclic N) is 1. The van der Waals surface area contributed by atoms with Crippen LogP contribution in [0.15, 0.2) is 24.3 Å². The van der Waals surface area contributed by atoms with Crippen LogP contribution in [0.1, 0.15) is 12.0 Å². The lowest BCUT2D eigenvalue weighted by Gasteiger charge is -2.37. The van der Waals surface area contributed by atoms with Crippen LogP contribution in [0, 0.1) is 0 Å². The normalized spacial score (nSPS) is 22.2. The highest BCUT2D eigenvalue weighted by molar-refractivity contribution is 5.74. The molecule has 9 nitrogen and oxygen atoms in total. The molecule has 2 fully saturated rings. The Kier molecular flexibility index (Phi) is 9.85. The number of hydrogen-bond acceptors (Lipinski definition) is 6. The maximum absolute atomic E-state index is 12.4. The lowest BCUT2D eigenvalue weighted by molar-refractivity contribution is -0.122. The third-order valence-corrected chi connectivity index (χ3v) is 5.61. The first-order chi connectivity index (χ1) is 14.5. The summed E-state index contributed by atoms with van der Waals surface area (Å²) in [6.07, 6.45) is 1.30. The Hall–Kier alpha value is -2.36. The number of carbonyl (C=O) groups is 2. The van der Waals surface area contributed by atoms with Gasteiger partial charge in [0.1, 0.15) is 5.75 Å². The molecule has 30 heavy (non-hydrogen) atoms. The molecular weight excluding hydrogens is 388 g/mol. The average molecular weight is 423 g/mol. The van der Waals surface area contributed by atoms with Gasteiger partial charge in [-0.15, -0.1) is 0 Å². The summed E-state index contributed by atoms with van der Waals surface area (Å²) in [6.45, 7) is 5.33. The first-order valence-electron chi connectivity index (χ1n) is 10.3. The highest BCUT2D eigenvalue weighted by atomic mass is 16.5. The van der Waals surface area contributed by atoms with Crippen LogP contribution in [0.5, 0.6) is 5.75 Å². The van der Waals surface area contributed by atoms with Crippen molar-refractivity contribution in [1.29, 1.82) is 0 Å². The van der Waals surface area contributed by atoms with Crippen LogP contribution in [0.4, 0.5) is 4.79 Å². The van der Waals surface area contributed by atoms with E-state index in [1.54, 1.807) is 12.0 Å². The SMILES string of the molecule is COc1cccc(CCCNC(=O)N2C[C@H](O)[C@@H](N3CCN(C)CC3)C2)c1.O=CO. The van der Waals surface area contributed by atoms with E-state index in [-0.39, 0.29) is 18.5 Å². The molecule has 2 saturated heterocycles. The maximum atomic E-state index is 12.4. The quantitative estimate of drug-likeness (QED) is 0.448. The molecule has 0 spiro atoms. The molecule has 2 aliphatic rings. The van der Waals surface area contributed by atoms with Crippen LogP contribution in [0.25, 0.3) is 0 Å². The minimum absolute atomic E-state index is 0.0567. The number of carboxylic acid groups (broad SMARTS) is 1. The molecule has 2 heterocycles. The van der Waals surface area contributed by atoms with Gasteiger partial charge in [0, 0.05) is 45.8 Å². The molecule has 9 heteroatoms. The Labute approximate surface area is 178 Å². The van der Waals surface area contributed by atoms with Crippen LogP contribution in [-0.2, 0) is 11.2 Å². The molecule has 3 rings (SSSR count). The Morgan fingerprint density at radius 3 is 2.63 bits per heavy atom. The highest BCUT2D eigenvalue weighted by Crippen LogP contribution is 2.18. The van der Waals surface area contributed by atoms with Crippen molar-refractivity contribution in [2.45, 2.75) is 25.0 Å². The number of hydrogen-bond donors (Lipinski definition) is 3. The number of benzene rings is 1. The van der Waals surface area contributed by atoms with Crippen LogP contribution < -0.4 is 10.1 Å². The molecule has 0 saturated carbocycles. The van der Waals surface area contributed by atoms with Gasteiger partial charge in [0.15, 0.2) is 0 Å². The summed E-state index contributed by atoms with van der Waals surface area (Å²) in [6, 6.07) is 8.00. The van der Waals surface area contributed by atoms with Gasteiger partial charge < -0.3 is 30.1 Å². The zero-order valence-electron chi connectivity index (χ0n) is 17.9. The minimum Gasteiger partial charge on any atom is -0.497 e. The molecule has 3 N–H and O–H groups in total. The van der Waals surface area contributed by atoms with E-state index in [9.17, 15) is 9.90 Å². The van der Waals surface area contributed by atoms with E-state index in [1.807, 2.05) is 18.2 Å². The Balaban J connectivity index is 0.00000101. The third kappa shape index (κ3) is 7.16. The molecule has 2 aliphatic heterocycles. The van der Waals surface area contributed by atoms with Crippen molar-refractivity contribution >= 4 is 12.5 Å².